The molecule has 1 aliphatic rings. The van der Waals surface area contributed by atoms with Crippen LogP contribution < -0.4 is 27.8 Å². The fraction of sp³-hybridized carbons (Fsp3) is 0.778. The molecular weight excluding hydrogens is 396 g/mol. The highest BCUT2D eigenvalue weighted by atomic mass is 16.4. The van der Waals surface area contributed by atoms with Crippen LogP contribution in [-0.4, -0.2) is 89.2 Å². The molecule has 3 amide bonds. The molecule has 0 radical (unpaired) electrons. The molecule has 0 aliphatic carbocycles. The number of hydrogen-bond donors (Lipinski definition) is 7. The van der Waals surface area contributed by atoms with E-state index >= 15 is 0 Å². The predicted molar refractivity (Wildman–Crippen MR) is 108 cm³/mol. The Kier molecular flexibility index (Phi) is 11.3. The van der Waals surface area contributed by atoms with Crippen molar-refractivity contribution in [3.63, 3.8) is 0 Å². The van der Waals surface area contributed by atoms with Crippen molar-refractivity contribution >= 4 is 23.7 Å². The molecule has 172 valence electrons. The summed E-state index contributed by atoms with van der Waals surface area (Å²) in [5.74, 6) is -2.68. The minimum absolute atomic E-state index is 0.00962. The maximum atomic E-state index is 13.0. The van der Waals surface area contributed by atoms with Gasteiger partial charge in [0, 0.05) is 13.1 Å². The lowest BCUT2D eigenvalue weighted by Crippen LogP contribution is -2.55. The smallest absolute Gasteiger partial charge is 0.305 e. The molecule has 0 spiro atoms. The standard InChI is InChI=1S/C18H34N6O6/c19-6-2-1-4-13(18(30)24-7-3-5-14(24)16(21)28)22-9-11(8-15(26)27)23-17(29)12(20)10-25/h11-14,22,25H,1-10,19-20H2,(H2,21,28)(H,23,29)(H,26,27)/t11-,12-,13-,14-/m0/s1. The molecule has 0 bridgehead atoms. The lowest BCUT2D eigenvalue weighted by Gasteiger charge is -2.29. The Morgan fingerprint density at radius 3 is 2.47 bits per heavy atom. The second-order valence-electron chi connectivity index (χ2n) is 7.43. The topological polar surface area (TPSA) is 214 Å². The summed E-state index contributed by atoms with van der Waals surface area (Å²) in [5, 5.41) is 23.6. The monoisotopic (exact) mass is 430 g/mol. The summed E-state index contributed by atoms with van der Waals surface area (Å²) in [6.07, 6.45) is 2.57. The van der Waals surface area contributed by atoms with Gasteiger partial charge in [-0.1, -0.05) is 6.42 Å². The van der Waals surface area contributed by atoms with E-state index in [4.69, 9.17) is 27.4 Å². The van der Waals surface area contributed by atoms with Crippen LogP contribution in [0.4, 0.5) is 0 Å². The number of rotatable bonds is 14. The molecule has 30 heavy (non-hydrogen) atoms. The summed E-state index contributed by atoms with van der Waals surface area (Å²) >= 11 is 0. The molecule has 0 aromatic rings. The number of amides is 3. The van der Waals surface area contributed by atoms with Crippen molar-refractivity contribution in [1.29, 1.82) is 0 Å². The van der Waals surface area contributed by atoms with E-state index in [1.54, 1.807) is 0 Å². The number of carbonyl (C=O) groups is 4. The van der Waals surface area contributed by atoms with Crippen LogP contribution in [0.15, 0.2) is 0 Å². The van der Waals surface area contributed by atoms with Gasteiger partial charge in [-0.15, -0.1) is 0 Å². The van der Waals surface area contributed by atoms with Crippen molar-refractivity contribution in [3.8, 4) is 0 Å². The molecule has 12 nitrogen and oxygen atoms in total. The number of nitrogens with zero attached hydrogens (tertiary/aromatic N) is 1. The van der Waals surface area contributed by atoms with Crippen LogP contribution in [0, 0.1) is 0 Å². The van der Waals surface area contributed by atoms with Crippen LogP contribution >= 0.6 is 0 Å². The number of hydrogen-bond acceptors (Lipinski definition) is 8. The average Bonchev–Trinajstić information content (AvgIpc) is 3.19. The zero-order valence-corrected chi connectivity index (χ0v) is 17.1. The van der Waals surface area contributed by atoms with Crippen molar-refractivity contribution in [3.05, 3.63) is 0 Å². The van der Waals surface area contributed by atoms with E-state index in [1.807, 2.05) is 0 Å². The Morgan fingerprint density at radius 1 is 1.20 bits per heavy atom. The Hall–Kier alpha value is -2.28. The molecule has 1 fully saturated rings. The molecular formula is C18H34N6O6. The highest BCUT2D eigenvalue weighted by Gasteiger charge is 2.36. The molecule has 12 heteroatoms. The molecule has 1 aliphatic heterocycles. The molecule has 1 saturated heterocycles. The minimum Gasteiger partial charge on any atom is -0.481 e. The Bertz CT molecular complexity index is 604. The number of carboxylic acids is 1. The molecule has 1 heterocycles. The first-order valence-corrected chi connectivity index (χ1v) is 10.1. The van der Waals surface area contributed by atoms with E-state index in [0.29, 0.717) is 45.2 Å². The molecule has 0 unspecified atom stereocenters. The number of nitrogens with one attached hydrogen (secondary N) is 2. The van der Waals surface area contributed by atoms with Gasteiger partial charge in [0.2, 0.25) is 17.7 Å². The summed E-state index contributed by atoms with van der Waals surface area (Å²) in [6, 6.07) is -3.36. The van der Waals surface area contributed by atoms with Crippen LogP contribution in [0.2, 0.25) is 0 Å². The van der Waals surface area contributed by atoms with Crippen LogP contribution in [-0.2, 0) is 19.2 Å². The molecule has 0 saturated carbocycles. The Morgan fingerprint density at radius 2 is 1.90 bits per heavy atom. The second kappa shape index (κ2) is 13.1. The number of carboxylic acid groups (broad SMARTS) is 1. The summed E-state index contributed by atoms with van der Waals surface area (Å²) in [4.78, 5) is 49.2. The number of aliphatic hydroxyl groups excluding tert-OH is 1. The summed E-state index contributed by atoms with van der Waals surface area (Å²) in [7, 11) is 0. The van der Waals surface area contributed by atoms with Crippen LogP contribution in [0.25, 0.3) is 0 Å². The van der Waals surface area contributed by atoms with Crippen molar-refractivity contribution < 1.29 is 29.4 Å². The predicted octanol–water partition coefficient (Wildman–Crippen LogP) is -3.17. The highest BCUT2D eigenvalue weighted by molar-refractivity contribution is 5.89. The third-order valence-electron chi connectivity index (χ3n) is 5.02. The van der Waals surface area contributed by atoms with Gasteiger partial charge < -0.3 is 42.9 Å². The third kappa shape index (κ3) is 8.22. The zero-order chi connectivity index (χ0) is 22.7. The molecule has 4 atom stereocenters. The summed E-state index contributed by atoms with van der Waals surface area (Å²) < 4.78 is 0. The number of carbonyl (C=O) groups excluding carboxylic acids is 3. The lowest BCUT2D eigenvalue weighted by molar-refractivity contribution is -0.139. The zero-order valence-electron chi connectivity index (χ0n) is 17.1. The number of primary amides is 1. The largest absolute Gasteiger partial charge is 0.481 e. The van der Waals surface area contributed by atoms with E-state index in [0.717, 1.165) is 0 Å². The SMILES string of the molecule is NCCCC[C@H](NC[C@H](CC(=O)O)NC(=O)[C@@H](N)CO)C(=O)N1CCC[C@H]1C(N)=O. The Labute approximate surface area is 175 Å². The second-order valence-corrected chi connectivity index (χ2v) is 7.43. The van der Waals surface area contributed by atoms with Gasteiger partial charge in [-0.2, -0.15) is 0 Å². The Balaban J connectivity index is 2.84. The quantitative estimate of drug-likeness (QED) is 0.138. The van der Waals surface area contributed by atoms with Gasteiger partial charge >= 0.3 is 5.97 Å². The summed E-state index contributed by atoms with van der Waals surface area (Å²) in [5.41, 5.74) is 16.4. The van der Waals surface area contributed by atoms with Gasteiger partial charge in [0.15, 0.2) is 0 Å². The van der Waals surface area contributed by atoms with Gasteiger partial charge in [-0.25, -0.2) is 0 Å². The van der Waals surface area contributed by atoms with Gasteiger partial charge in [0.25, 0.3) is 0 Å². The minimum atomic E-state index is -1.18. The maximum absolute atomic E-state index is 13.0. The van der Waals surface area contributed by atoms with Crippen molar-refractivity contribution in [1.82, 2.24) is 15.5 Å². The lowest BCUT2D eigenvalue weighted by atomic mass is 10.1. The molecule has 10 N–H and O–H groups in total. The third-order valence-corrected chi connectivity index (χ3v) is 5.02. The van der Waals surface area contributed by atoms with Gasteiger partial charge in [-0.3, -0.25) is 19.2 Å². The van der Waals surface area contributed by atoms with Crippen LogP contribution in [0.3, 0.4) is 0 Å². The first kappa shape index (κ1) is 25.8. The van der Waals surface area contributed by atoms with Crippen LogP contribution in [0.5, 0.6) is 0 Å². The number of nitrogens with two attached hydrogens (primary N) is 3. The first-order valence-electron chi connectivity index (χ1n) is 10.1. The van der Waals surface area contributed by atoms with E-state index in [1.165, 1.54) is 4.90 Å². The van der Waals surface area contributed by atoms with E-state index in [-0.39, 0.29) is 12.5 Å². The summed E-state index contributed by atoms with van der Waals surface area (Å²) in [6.45, 7) is 0.292. The van der Waals surface area contributed by atoms with E-state index < -0.39 is 55.0 Å². The fourth-order valence-electron chi connectivity index (χ4n) is 3.39. The highest BCUT2D eigenvalue weighted by Crippen LogP contribution is 2.19. The average molecular weight is 431 g/mol. The first-order chi connectivity index (χ1) is 14.2. The van der Waals surface area contributed by atoms with Crippen molar-refractivity contribution in [2.75, 3.05) is 26.2 Å². The van der Waals surface area contributed by atoms with E-state index in [9.17, 15) is 19.2 Å². The fourth-order valence-corrected chi connectivity index (χ4v) is 3.39. The molecule has 0 aromatic heterocycles. The van der Waals surface area contributed by atoms with E-state index in [2.05, 4.69) is 10.6 Å². The number of aliphatic hydroxyl groups is 1. The maximum Gasteiger partial charge on any atom is 0.305 e. The number of likely N-dealkylation sites (tertiary alicyclic amines) is 1. The molecule has 1 rings (SSSR count). The number of aliphatic carboxylic acids is 1. The normalized spacial score (nSPS) is 19.2. The van der Waals surface area contributed by atoms with Crippen molar-refractivity contribution in [2.24, 2.45) is 17.2 Å². The van der Waals surface area contributed by atoms with Crippen molar-refractivity contribution in [2.45, 2.75) is 62.7 Å². The van der Waals surface area contributed by atoms with Gasteiger partial charge in [0.1, 0.15) is 12.1 Å². The molecule has 0 aromatic carbocycles. The number of unbranched alkanes of at least 4 members (excludes halogenated alkanes) is 1. The van der Waals surface area contributed by atoms with Gasteiger partial charge in [-0.05, 0) is 32.2 Å². The van der Waals surface area contributed by atoms with Crippen LogP contribution in [0.1, 0.15) is 38.5 Å². The van der Waals surface area contributed by atoms with Gasteiger partial charge in [0.05, 0.1) is 25.1 Å².